The van der Waals surface area contributed by atoms with Gasteiger partial charge in [0.15, 0.2) is 0 Å². The van der Waals surface area contributed by atoms with Crippen LogP contribution in [0.3, 0.4) is 0 Å². The van der Waals surface area contributed by atoms with Crippen molar-refractivity contribution in [2.45, 2.75) is 46.6 Å². The first-order valence-corrected chi connectivity index (χ1v) is 9.02. The number of nitrogens with one attached hydrogen (secondary N) is 1. The topological polar surface area (TPSA) is 12.0 Å². The highest BCUT2D eigenvalue weighted by atomic mass is 79.9. The van der Waals surface area contributed by atoms with E-state index >= 15 is 0 Å². The smallest absolute Gasteiger partial charge is 0.0843 e. The maximum atomic E-state index is 3.61. The third-order valence-electron chi connectivity index (χ3n) is 2.97. The first-order chi connectivity index (χ1) is 8.43. The van der Waals surface area contributed by atoms with Gasteiger partial charge in [0.2, 0.25) is 0 Å². The van der Waals surface area contributed by atoms with Gasteiger partial charge in [-0.1, -0.05) is 27.7 Å². The molecule has 0 aliphatic heterocycles. The summed E-state index contributed by atoms with van der Waals surface area (Å²) in [6.07, 6.45) is 2.51. The van der Waals surface area contributed by atoms with E-state index in [9.17, 15) is 0 Å². The highest BCUT2D eigenvalue weighted by Crippen LogP contribution is 2.37. The second-order valence-corrected chi connectivity index (χ2v) is 8.61. The highest BCUT2D eigenvalue weighted by Gasteiger charge is 2.18. The van der Waals surface area contributed by atoms with Crippen LogP contribution in [0.1, 0.15) is 51.5 Å². The molecule has 18 heavy (non-hydrogen) atoms. The Balaban J connectivity index is 2.70. The summed E-state index contributed by atoms with van der Waals surface area (Å²) in [6.45, 7) is 10.2. The van der Waals surface area contributed by atoms with Crippen LogP contribution in [0, 0.1) is 11.8 Å². The predicted molar refractivity (Wildman–Crippen MR) is 89.4 cm³/mol. The van der Waals surface area contributed by atoms with Gasteiger partial charge in [0.25, 0.3) is 0 Å². The van der Waals surface area contributed by atoms with E-state index in [1.807, 2.05) is 11.3 Å². The molecule has 0 amide bonds. The molecular formula is C14H23Br2NS. The molecule has 0 radical (unpaired) electrons. The molecule has 0 spiro atoms. The molecule has 2 atom stereocenters. The average Bonchev–Trinajstić information content (AvgIpc) is 2.57. The summed E-state index contributed by atoms with van der Waals surface area (Å²) in [4.78, 5) is 1.42. The Morgan fingerprint density at radius 2 is 1.89 bits per heavy atom. The van der Waals surface area contributed by atoms with Gasteiger partial charge in [0, 0.05) is 15.4 Å². The zero-order valence-corrected chi connectivity index (χ0v) is 15.6. The van der Waals surface area contributed by atoms with Gasteiger partial charge in [-0.05, 0) is 69.1 Å². The summed E-state index contributed by atoms with van der Waals surface area (Å²) in [5.41, 5.74) is 0. The van der Waals surface area contributed by atoms with Crippen LogP contribution in [-0.4, -0.2) is 6.54 Å². The van der Waals surface area contributed by atoms with Gasteiger partial charge in [0.1, 0.15) is 0 Å². The Hall–Kier alpha value is 0.620. The van der Waals surface area contributed by atoms with Crippen molar-refractivity contribution in [2.75, 3.05) is 6.54 Å². The third-order valence-corrected chi connectivity index (χ3v) is 6.34. The molecule has 0 fully saturated rings. The quantitative estimate of drug-likeness (QED) is 0.596. The summed E-state index contributed by atoms with van der Waals surface area (Å²) in [5.74, 6) is 1.54. The van der Waals surface area contributed by atoms with E-state index in [0.29, 0.717) is 6.04 Å². The lowest BCUT2D eigenvalue weighted by atomic mass is 9.92. The van der Waals surface area contributed by atoms with Crippen LogP contribution in [0.5, 0.6) is 0 Å². The Morgan fingerprint density at radius 1 is 1.22 bits per heavy atom. The van der Waals surface area contributed by atoms with Gasteiger partial charge in [-0.2, -0.15) is 0 Å². The molecule has 0 bridgehead atoms. The molecule has 0 aliphatic carbocycles. The third kappa shape index (κ3) is 5.32. The Labute approximate surface area is 132 Å². The number of hydrogen-bond acceptors (Lipinski definition) is 2. The maximum absolute atomic E-state index is 3.61. The zero-order chi connectivity index (χ0) is 13.7. The fourth-order valence-electron chi connectivity index (χ4n) is 2.38. The maximum Gasteiger partial charge on any atom is 0.0843 e. The second kappa shape index (κ2) is 8.03. The van der Waals surface area contributed by atoms with E-state index in [-0.39, 0.29) is 0 Å². The number of thiophene rings is 1. The van der Waals surface area contributed by atoms with Crippen molar-refractivity contribution in [2.24, 2.45) is 11.8 Å². The summed E-state index contributed by atoms with van der Waals surface area (Å²) in [7, 11) is 0. The number of hydrogen-bond donors (Lipinski definition) is 1. The Morgan fingerprint density at radius 3 is 2.33 bits per heavy atom. The monoisotopic (exact) mass is 395 g/mol. The second-order valence-electron chi connectivity index (χ2n) is 5.35. The molecule has 1 aromatic heterocycles. The van der Waals surface area contributed by atoms with E-state index in [1.54, 1.807) is 0 Å². The molecule has 0 saturated heterocycles. The fourth-order valence-corrected chi connectivity index (χ4v) is 4.56. The van der Waals surface area contributed by atoms with E-state index < -0.39 is 0 Å². The first-order valence-electron chi connectivity index (χ1n) is 6.62. The van der Waals surface area contributed by atoms with Crippen LogP contribution in [0.25, 0.3) is 0 Å². The average molecular weight is 397 g/mol. The molecule has 1 nitrogen and oxygen atoms in total. The fraction of sp³-hybridized carbons (Fsp3) is 0.714. The molecule has 1 heterocycles. The van der Waals surface area contributed by atoms with Gasteiger partial charge in [0.05, 0.1) is 3.79 Å². The van der Waals surface area contributed by atoms with E-state index in [4.69, 9.17) is 0 Å². The van der Waals surface area contributed by atoms with Crippen molar-refractivity contribution < 1.29 is 0 Å². The minimum absolute atomic E-state index is 0.483. The molecule has 1 rings (SSSR count). The van der Waals surface area contributed by atoms with Crippen LogP contribution in [0.15, 0.2) is 14.3 Å². The minimum Gasteiger partial charge on any atom is -0.310 e. The summed E-state index contributed by atoms with van der Waals surface area (Å²) in [5, 5.41) is 3.61. The van der Waals surface area contributed by atoms with Gasteiger partial charge >= 0.3 is 0 Å². The van der Waals surface area contributed by atoms with Crippen molar-refractivity contribution >= 4 is 43.2 Å². The molecule has 104 valence electrons. The molecule has 0 saturated carbocycles. The SMILES string of the molecule is CCNC(CC(C)CC(C)C)c1cc(Br)c(Br)s1. The van der Waals surface area contributed by atoms with Gasteiger partial charge < -0.3 is 5.32 Å². The summed E-state index contributed by atoms with van der Waals surface area (Å²) in [6, 6.07) is 2.72. The molecule has 1 aromatic rings. The summed E-state index contributed by atoms with van der Waals surface area (Å²) >= 11 is 8.99. The van der Waals surface area contributed by atoms with Gasteiger partial charge in [-0.3, -0.25) is 0 Å². The van der Waals surface area contributed by atoms with Crippen molar-refractivity contribution in [3.05, 3.63) is 19.2 Å². The van der Waals surface area contributed by atoms with Crippen LogP contribution >= 0.6 is 43.2 Å². The molecule has 0 aromatic carbocycles. The van der Waals surface area contributed by atoms with Crippen LogP contribution in [0.4, 0.5) is 0 Å². The van der Waals surface area contributed by atoms with Crippen molar-refractivity contribution in [1.29, 1.82) is 0 Å². The predicted octanol–water partition coefficient (Wildman–Crippen LogP) is 6.00. The van der Waals surface area contributed by atoms with Crippen LogP contribution in [0.2, 0.25) is 0 Å². The van der Waals surface area contributed by atoms with E-state index in [1.165, 1.54) is 26.0 Å². The lowest BCUT2D eigenvalue weighted by Crippen LogP contribution is -2.22. The molecule has 0 aliphatic rings. The lowest BCUT2D eigenvalue weighted by molar-refractivity contribution is 0.362. The molecular weight excluding hydrogens is 374 g/mol. The van der Waals surface area contributed by atoms with Crippen molar-refractivity contribution in [3.8, 4) is 0 Å². The van der Waals surface area contributed by atoms with Gasteiger partial charge in [-0.15, -0.1) is 11.3 Å². The lowest BCUT2D eigenvalue weighted by Gasteiger charge is -2.22. The van der Waals surface area contributed by atoms with Crippen molar-refractivity contribution in [1.82, 2.24) is 5.32 Å². The standard InChI is InChI=1S/C14H23Br2NS/c1-5-17-12(7-10(4)6-9(2)3)13-8-11(15)14(16)18-13/h8-10,12,17H,5-7H2,1-4H3. The summed E-state index contributed by atoms with van der Waals surface area (Å²) < 4.78 is 2.36. The molecule has 1 N–H and O–H groups in total. The van der Waals surface area contributed by atoms with E-state index in [2.05, 4.69) is 70.9 Å². The van der Waals surface area contributed by atoms with Crippen LogP contribution < -0.4 is 5.32 Å². The zero-order valence-electron chi connectivity index (χ0n) is 11.6. The largest absolute Gasteiger partial charge is 0.310 e. The minimum atomic E-state index is 0.483. The number of halogens is 2. The molecule has 2 unspecified atom stereocenters. The normalized spacial score (nSPS) is 15.1. The van der Waals surface area contributed by atoms with Crippen molar-refractivity contribution in [3.63, 3.8) is 0 Å². The van der Waals surface area contributed by atoms with E-state index in [0.717, 1.165) is 18.4 Å². The number of rotatable bonds is 7. The highest BCUT2D eigenvalue weighted by molar-refractivity contribution is 9.13. The van der Waals surface area contributed by atoms with Crippen LogP contribution in [-0.2, 0) is 0 Å². The Kier molecular flexibility index (Phi) is 7.44. The molecule has 4 heteroatoms. The van der Waals surface area contributed by atoms with Gasteiger partial charge in [-0.25, -0.2) is 0 Å². The Bertz CT molecular complexity index is 343. The first kappa shape index (κ1) is 16.7.